The van der Waals surface area contributed by atoms with Crippen molar-refractivity contribution in [1.82, 2.24) is 14.6 Å². The van der Waals surface area contributed by atoms with Crippen LogP contribution in [-0.2, 0) is 10.0 Å². The van der Waals surface area contributed by atoms with Crippen LogP contribution in [0.1, 0.15) is 10.5 Å². The highest BCUT2D eigenvalue weighted by molar-refractivity contribution is 7.89. The van der Waals surface area contributed by atoms with Gasteiger partial charge in [-0.2, -0.15) is 0 Å². The second-order valence-corrected chi connectivity index (χ2v) is 6.39. The highest BCUT2D eigenvalue weighted by Crippen LogP contribution is 2.04. The maximum atomic E-state index is 11.6. The summed E-state index contributed by atoms with van der Waals surface area (Å²) >= 11 is 5.64. The number of sulfonamides is 1. The van der Waals surface area contributed by atoms with Crippen molar-refractivity contribution in [2.75, 3.05) is 26.4 Å². The summed E-state index contributed by atoms with van der Waals surface area (Å²) in [5.41, 5.74) is 0.157. The number of hydrogen-bond acceptors (Lipinski definition) is 4. The SMILES string of the molecule is CN(C)S(=O)(=O)CCNC(=O)c1cccc(Cl)n1. The smallest absolute Gasteiger partial charge is 0.269 e. The summed E-state index contributed by atoms with van der Waals surface area (Å²) in [4.78, 5) is 15.4. The molecule has 1 amide bonds. The Morgan fingerprint density at radius 1 is 1.44 bits per heavy atom. The third-order valence-electron chi connectivity index (χ3n) is 2.15. The van der Waals surface area contributed by atoms with Gasteiger partial charge in [0.2, 0.25) is 10.0 Å². The van der Waals surface area contributed by atoms with E-state index in [1.54, 1.807) is 12.1 Å². The Kier molecular flexibility index (Phi) is 5.06. The van der Waals surface area contributed by atoms with Crippen molar-refractivity contribution in [2.24, 2.45) is 0 Å². The van der Waals surface area contributed by atoms with E-state index in [4.69, 9.17) is 11.6 Å². The van der Waals surface area contributed by atoms with E-state index in [1.165, 1.54) is 20.2 Å². The van der Waals surface area contributed by atoms with Crippen LogP contribution in [0, 0.1) is 0 Å². The first-order valence-corrected chi connectivity index (χ1v) is 7.12. The zero-order valence-electron chi connectivity index (χ0n) is 10.1. The number of pyridine rings is 1. The Bertz CT molecular complexity index is 531. The first-order chi connectivity index (χ1) is 8.33. The largest absolute Gasteiger partial charge is 0.350 e. The second-order valence-electron chi connectivity index (χ2n) is 3.70. The molecule has 0 saturated carbocycles. The molecule has 0 saturated heterocycles. The molecule has 0 atom stereocenters. The van der Waals surface area contributed by atoms with Crippen LogP contribution < -0.4 is 5.32 Å². The average Bonchev–Trinajstić information content (AvgIpc) is 2.28. The van der Waals surface area contributed by atoms with Gasteiger partial charge >= 0.3 is 0 Å². The predicted molar refractivity (Wildman–Crippen MR) is 69.1 cm³/mol. The number of carbonyl (C=O) groups is 1. The first kappa shape index (κ1) is 14.9. The summed E-state index contributed by atoms with van der Waals surface area (Å²) in [6.07, 6.45) is 0. The summed E-state index contributed by atoms with van der Waals surface area (Å²) in [6, 6.07) is 4.65. The molecule has 1 rings (SSSR count). The Morgan fingerprint density at radius 3 is 2.67 bits per heavy atom. The lowest BCUT2D eigenvalue weighted by Crippen LogP contribution is -2.34. The van der Waals surface area contributed by atoms with Gasteiger partial charge in [0.1, 0.15) is 10.8 Å². The van der Waals surface area contributed by atoms with E-state index in [2.05, 4.69) is 10.3 Å². The molecule has 0 bridgehead atoms. The van der Waals surface area contributed by atoms with Crippen molar-refractivity contribution in [3.8, 4) is 0 Å². The zero-order chi connectivity index (χ0) is 13.8. The number of aromatic nitrogens is 1. The van der Waals surface area contributed by atoms with E-state index in [0.29, 0.717) is 0 Å². The summed E-state index contributed by atoms with van der Waals surface area (Å²) in [6.45, 7) is 0.0214. The van der Waals surface area contributed by atoms with Crippen molar-refractivity contribution in [1.29, 1.82) is 0 Å². The molecule has 1 aromatic rings. The summed E-state index contributed by atoms with van der Waals surface area (Å²) in [7, 11) is -0.432. The molecule has 0 aromatic carbocycles. The fourth-order valence-electron chi connectivity index (χ4n) is 1.10. The number of nitrogens with one attached hydrogen (secondary N) is 1. The van der Waals surface area contributed by atoms with Gasteiger partial charge in [0.15, 0.2) is 0 Å². The minimum Gasteiger partial charge on any atom is -0.350 e. The predicted octanol–water partition coefficient (Wildman–Crippen LogP) is 0.356. The van der Waals surface area contributed by atoms with Gasteiger partial charge in [0, 0.05) is 20.6 Å². The van der Waals surface area contributed by atoms with E-state index >= 15 is 0 Å². The molecule has 0 aliphatic carbocycles. The highest BCUT2D eigenvalue weighted by atomic mass is 35.5. The molecule has 0 aliphatic heterocycles. The van der Waals surface area contributed by atoms with Crippen LogP contribution in [0.3, 0.4) is 0 Å². The molecular weight excluding hydrogens is 278 g/mol. The lowest BCUT2D eigenvalue weighted by Gasteiger charge is -2.11. The Hall–Kier alpha value is -1.18. The van der Waals surface area contributed by atoms with Crippen LogP contribution in [0.2, 0.25) is 5.15 Å². The number of nitrogens with zero attached hydrogens (tertiary/aromatic N) is 2. The minimum absolute atomic E-state index is 0.0214. The molecule has 1 aromatic heterocycles. The fourth-order valence-corrected chi connectivity index (χ4v) is 1.99. The molecule has 1 heterocycles. The van der Waals surface area contributed by atoms with E-state index in [-0.39, 0.29) is 23.1 Å². The van der Waals surface area contributed by atoms with Crippen LogP contribution >= 0.6 is 11.6 Å². The van der Waals surface area contributed by atoms with Crippen LogP contribution in [0.15, 0.2) is 18.2 Å². The van der Waals surface area contributed by atoms with Crippen LogP contribution in [0.25, 0.3) is 0 Å². The van der Waals surface area contributed by atoms with E-state index < -0.39 is 15.9 Å². The van der Waals surface area contributed by atoms with Crippen molar-refractivity contribution >= 4 is 27.5 Å². The molecule has 100 valence electrons. The van der Waals surface area contributed by atoms with Crippen LogP contribution in [-0.4, -0.2) is 50.0 Å². The average molecular weight is 292 g/mol. The van der Waals surface area contributed by atoms with Gasteiger partial charge in [-0.1, -0.05) is 17.7 Å². The van der Waals surface area contributed by atoms with Gasteiger partial charge in [-0.3, -0.25) is 4.79 Å². The summed E-state index contributed by atoms with van der Waals surface area (Å²) in [5.74, 6) is -0.613. The Labute approximate surface area is 111 Å². The first-order valence-electron chi connectivity index (χ1n) is 5.14. The van der Waals surface area contributed by atoms with Crippen LogP contribution in [0.4, 0.5) is 0 Å². The monoisotopic (exact) mass is 291 g/mol. The molecule has 6 nitrogen and oxygen atoms in total. The third-order valence-corrected chi connectivity index (χ3v) is 4.19. The number of rotatable bonds is 5. The van der Waals surface area contributed by atoms with Crippen molar-refractivity contribution < 1.29 is 13.2 Å². The van der Waals surface area contributed by atoms with Crippen LogP contribution in [0.5, 0.6) is 0 Å². The third kappa shape index (κ3) is 4.25. The summed E-state index contributed by atoms with van der Waals surface area (Å²) in [5, 5.41) is 2.68. The maximum Gasteiger partial charge on any atom is 0.269 e. The normalized spacial score (nSPS) is 11.6. The van der Waals surface area contributed by atoms with Crippen molar-refractivity contribution in [2.45, 2.75) is 0 Å². The maximum absolute atomic E-state index is 11.6. The second kappa shape index (κ2) is 6.12. The molecule has 0 fully saturated rings. The molecule has 0 radical (unpaired) electrons. The molecule has 1 N–H and O–H groups in total. The Balaban J connectivity index is 2.53. The standard InChI is InChI=1S/C10H14ClN3O3S/c1-14(2)18(16,17)7-6-12-10(15)8-4-3-5-9(11)13-8/h3-5H,6-7H2,1-2H3,(H,12,15). The van der Waals surface area contributed by atoms with E-state index in [1.807, 2.05) is 0 Å². The molecular formula is C10H14ClN3O3S. The lowest BCUT2D eigenvalue weighted by molar-refractivity contribution is 0.0951. The van der Waals surface area contributed by atoms with Gasteiger partial charge in [0.05, 0.1) is 5.75 Å². The Morgan fingerprint density at radius 2 is 2.11 bits per heavy atom. The molecule has 0 spiro atoms. The van der Waals surface area contributed by atoms with Gasteiger partial charge in [-0.05, 0) is 12.1 Å². The van der Waals surface area contributed by atoms with Gasteiger partial charge in [-0.15, -0.1) is 0 Å². The van der Waals surface area contributed by atoms with Gasteiger partial charge in [0.25, 0.3) is 5.91 Å². The molecule has 18 heavy (non-hydrogen) atoms. The van der Waals surface area contributed by atoms with Crippen molar-refractivity contribution in [3.05, 3.63) is 29.0 Å². The minimum atomic E-state index is -3.31. The zero-order valence-corrected chi connectivity index (χ0v) is 11.6. The van der Waals surface area contributed by atoms with Gasteiger partial charge in [-0.25, -0.2) is 17.7 Å². The lowest BCUT2D eigenvalue weighted by atomic mass is 10.3. The number of carbonyl (C=O) groups excluding carboxylic acids is 1. The quantitative estimate of drug-likeness (QED) is 0.794. The number of amides is 1. The molecule has 8 heteroatoms. The fraction of sp³-hybridized carbons (Fsp3) is 0.400. The highest BCUT2D eigenvalue weighted by Gasteiger charge is 2.14. The topological polar surface area (TPSA) is 79.4 Å². The molecule has 0 unspecified atom stereocenters. The number of halogens is 1. The number of hydrogen-bond donors (Lipinski definition) is 1. The van der Waals surface area contributed by atoms with E-state index in [9.17, 15) is 13.2 Å². The molecule has 0 aliphatic rings. The van der Waals surface area contributed by atoms with E-state index in [0.717, 1.165) is 4.31 Å². The van der Waals surface area contributed by atoms with Gasteiger partial charge < -0.3 is 5.32 Å². The summed E-state index contributed by atoms with van der Waals surface area (Å²) < 4.78 is 24.0. The van der Waals surface area contributed by atoms with Crippen molar-refractivity contribution in [3.63, 3.8) is 0 Å².